The molecule has 0 atom stereocenters. The monoisotopic (exact) mass is 274 g/mol. The Morgan fingerprint density at radius 2 is 2.29 bits per heavy atom. The minimum atomic E-state index is -0.507. The maximum absolute atomic E-state index is 10.5. The molecule has 1 rings (SSSR count). The van der Waals surface area contributed by atoms with Crippen molar-refractivity contribution in [1.29, 1.82) is 0 Å². The number of methoxy groups -OCH3 is 1. The van der Waals surface area contributed by atoms with Gasteiger partial charge in [-0.25, -0.2) is 0 Å². The fraction of sp³-hybridized carbons (Fsp3) is 0.100. The van der Waals surface area contributed by atoms with E-state index in [0.29, 0.717) is 5.75 Å². The Kier molecular flexibility index (Phi) is 4.17. The second-order valence-corrected chi connectivity index (χ2v) is 3.81. The molecule has 1 aromatic rings. The second-order valence-electron chi connectivity index (χ2n) is 2.52. The van der Waals surface area contributed by atoms with E-state index in [9.17, 15) is 4.79 Å². The van der Waals surface area contributed by atoms with Gasteiger partial charge in [-0.1, -0.05) is 15.9 Å². The first kappa shape index (κ1) is 11.3. The molecule has 0 heterocycles. The molecule has 0 bridgehead atoms. The normalized spacial score (nSPS) is 10.5. The smallest absolute Gasteiger partial charge is 0.245 e. The van der Waals surface area contributed by atoms with Crippen LogP contribution in [0.2, 0.25) is 0 Å². The highest BCUT2D eigenvalue weighted by molar-refractivity contribution is 9.10. The largest absolute Gasteiger partial charge is 0.496 e. The van der Waals surface area contributed by atoms with Crippen LogP contribution in [-0.2, 0) is 4.79 Å². The van der Waals surface area contributed by atoms with Gasteiger partial charge in [0, 0.05) is 10.0 Å². The van der Waals surface area contributed by atoms with E-state index < -0.39 is 5.24 Å². The summed E-state index contributed by atoms with van der Waals surface area (Å²) in [6.45, 7) is 0. The van der Waals surface area contributed by atoms with Crippen LogP contribution in [0.1, 0.15) is 5.56 Å². The van der Waals surface area contributed by atoms with Crippen LogP contribution in [0.25, 0.3) is 6.08 Å². The minimum absolute atomic E-state index is 0.507. The van der Waals surface area contributed by atoms with Crippen LogP contribution >= 0.6 is 27.5 Å². The van der Waals surface area contributed by atoms with Gasteiger partial charge in [-0.3, -0.25) is 4.79 Å². The van der Waals surface area contributed by atoms with Gasteiger partial charge in [-0.05, 0) is 42.0 Å². The molecule has 2 nitrogen and oxygen atoms in total. The van der Waals surface area contributed by atoms with Crippen LogP contribution in [-0.4, -0.2) is 12.4 Å². The predicted molar refractivity (Wildman–Crippen MR) is 60.6 cm³/mol. The maximum Gasteiger partial charge on any atom is 0.245 e. The third kappa shape index (κ3) is 3.16. The number of hydrogen-bond acceptors (Lipinski definition) is 2. The quantitative estimate of drug-likeness (QED) is 0.625. The first-order valence-corrected chi connectivity index (χ1v) is 5.01. The second kappa shape index (κ2) is 5.17. The van der Waals surface area contributed by atoms with Gasteiger partial charge in [0.05, 0.1) is 7.11 Å². The lowest BCUT2D eigenvalue weighted by molar-refractivity contribution is -0.107. The molecule has 0 saturated carbocycles. The van der Waals surface area contributed by atoms with E-state index in [1.165, 1.54) is 6.08 Å². The number of carbonyl (C=O) groups is 1. The number of hydrogen-bond donors (Lipinski definition) is 0. The Morgan fingerprint density at radius 1 is 1.57 bits per heavy atom. The molecule has 0 radical (unpaired) electrons. The van der Waals surface area contributed by atoms with Crippen molar-refractivity contribution in [2.75, 3.05) is 7.11 Å². The molecule has 74 valence electrons. The highest BCUT2D eigenvalue weighted by atomic mass is 79.9. The van der Waals surface area contributed by atoms with Gasteiger partial charge in [0.15, 0.2) is 0 Å². The van der Waals surface area contributed by atoms with Crippen molar-refractivity contribution in [1.82, 2.24) is 0 Å². The number of carbonyl (C=O) groups excluding carboxylic acids is 1. The third-order valence-corrected chi connectivity index (χ3v) is 2.20. The summed E-state index contributed by atoms with van der Waals surface area (Å²) in [5.41, 5.74) is 0.802. The van der Waals surface area contributed by atoms with Crippen molar-refractivity contribution in [2.24, 2.45) is 0 Å². The zero-order valence-corrected chi connectivity index (χ0v) is 9.80. The highest BCUT2D eigenvalue weighted by Gasteiger charge is 2.00. The van der Waals surface area contributed by atoms with Crippen LogP contribution in [0, 0.1) is 0 Å². The van der Waals surface area contributed by atoms with Crippen molar-refractivity contribution in [3.63, 3.8) is 0 Å². The Hall–Kier alpha value is -0.800. The zero-order chi connectivity index (χ0) is 10.6. The minimum Gasteiger partial charge on any atom is -0.496 e. The molecule has 0 unspecified atom stereocenters. The van der Waals surface area contributed by atoms with E-state index in [1.807, 2.05) is 18.2 Å². The molecule has 4 heteroatoms. The molecule has 14 heavy (non-hydrogen) atoms. The molecule has 0 aromatic heterocycles. The summed E-state index contributed by atoms with van der Waals surface area (Å²) in [7, 11) is 1.57. The van der Waals surface area contributed by atoms with E-state index in [2.05, 4.69) is 15.9 Å². The number of benzene rings is 1. The Balaban J connectivity index is 3.04. The lowest BCUT2D eigenvalue weighted by atomic mass is 10.2. The predicted octanol–water partition coefficient (Wildman–Crippen LogP) is 3.24. The summed E-state index contributed by atoms with van der Waals surface area (Å²) >= 11 is 8.51. The van der Waals surface area contributed by atoms with Crippen LogP contribution in [0.5, 0.6) is 5.75 Å². The summed E-state index contributed by atoms with van der Waals surface area (Å²) in [6.07, 6.45) is 2.89. The standard InChI is InChI=1S/C10H8BrClO2/c1-14-9-4-3-8(11)6-7(9)2-5-10(12)13/h2-6H,1H3/b5-2+. The summed E-state index contributed by atoms with van der Waals surface area (Å²) in [5, 5.41) is -0.507. The maximum atomic E-state index is 10.5. The van der Waals surface area contributed by atoms with Crippen molar-refractivity contribution < 1.29 is 9.53 Å². The summed E-state index contributed by atoms with van der Waals surface area (Å²) in [6, 6.07) is 5.51. The molecular weight excluding hydrogens is 267 g/mol. The molecule has 0 aliphatic rings. The van der Waals surface area contributed by atoms with Crippen molar-refractivity contribution in [3.8, 4) is 5.75 Å². The van der Waals surface area contributed by atoms with E-state index in [0.717, 1.165) is 10.0 Å². The first-order valence-electron chi connectivity index (χ1n) is 3.84. The van der Waals surface area contributed by atoms with E-state index in [1.54, 1.807) is 13.2 Å². The van der Waals surface area contributed by atoms with Crippen molar-refractivity contribution in [3.05, 3.63) is 34.3 Å². The molecule has 0 amide bonds. The molecule has 0 N–H and O–H groups in total. The fourth-order valence-electron chi connectivity index (χ4n) is 0.991. The molecule has 0 aliphatic heterocycles. The molecule has 1 aromatic carbocycles. The Bertz CT molecular complexity index is 374. The van der Waals surface area contributed by atoms with Gasteiger partial charge in [0.1, 0.15) is 5.75 Å². The summed E-state index contributed by atoms with van der Waals surface area (Å²) < 4.78 is 6.02. The zero-order valence-electron chi connectivity index (χ0n) is 7.46. The van der Waals surface area contributed by atoms with Gasteiger partial charge in [0.25, 0.3) is 0 Å². The average Bonchev–Trinajstić information content (AvgIpc) is 2.15. The van der Waals surface area contributed by atoms with E-state index in [-0.39, 0.29) is 0 Å². The third-order valence-electron chi connectivity index (χ3n) is 1.59. The van der Waals surface area contributed by atoms with Crippen LogP contribution in [0.3, 0.4) is 0 Å². The molecule has 0 fully saturated rings. The van der Waals surface area contributed by atoms with E-state index in [4.69, 9.17) is 16.3 Å². The Labute approximate surface area is 95.6 Å². The number of allylic oxidation sites excluding steroid dienone is 1. The number of halogens is 2. The molecule has 0 spiro atoms. The molecular formula is C10H8BrClO2. The van der Waals surface area contributed by atoms with Crippen molar-refractivity contribution in [2.45, 2.75) is 0 Å². The van der Waals surface area contributed by atoms with Crippen molar-refractivity contribution >= 4 is 38.8 Å². The topological polar surface area (TPSA) is 26.3 Å². The van der Waals surface area contributed by atoms with Gasteiger partial charge in [-0.15, -0.1) is 0 Å². The lowest BCUT2D eigenvalue weighted by Crippen LogP contribution is -1.87. The summed E-state index contributed by atoms with van der Waals surface area (Å²) in [4.78, 5) is 10.5. The number of rotatable bonds is 3. The average molecular weight is 276 g/mol. The van der Waals surface area contributed by atoms with Gasteiger partial charge in [-0.2, -0.15) is 0 Å². The van der Waals surface area contributed by atoms with Gasteiger partial charge in [0.2, 0.25) is 5.24 Å². The van der Waals surface area contributed by atoms with Crippen LogP contribution in [0.4, 0.5) is 0 Å². The summed E-state index contributed by atoms with van der Waals surface area (Å²) in [5.74, 6) is 0.697. The molecule has 0 saturated heterocycles. The Morgan fingerprint density at radius 3 is 2.86 bits per heavy atom. The van der Waals surface area contributed by atoms with Gasteiger partial charge >= 0.3 is 0 Å². The highest BCUT2D eigenvalue weighted by Crippen LogP contribution is 2.24. The lowest BCUT2D eigenvalue weighted by Gasteiger charge is -2.04. The fourth-order valence-corrected chi connectivity index (χ4v) is 1.43. The SMILES string of the molecule is COc1ccc(Br)cc1/C=C/C(=O)Cl. The number of ether oxygens (including phenoxy) is 1. The van der Waals surface area contributed by atoms with Crippen LogP contribution < -0.4 is 4.74 Å². The first-order chi connectivity index (χ1) is 6.63. The van der Waals surface area contributed by atoms with Crippen LogP contribution in [0.15, 0.2) is 28.7 Å². The van der Waals surface area contributed by atoms with Gasteiger partial charge < -0.3 is 4.74 Å². The van der Waals surface area contributed by atoms with E-state index >= 15 is 0 Å². The molecule has 0 aliphatic carbocycles.